The first-order valence-electron chi connectivity index (χ1n) is 7.28. The van der Waals surface area contributed by atoms with Crippen molar-refractivity contribution in [2.24, 2.45) is 0 Å². The minimum atomic E-state index is -3.42. The molecule has 0 radical (unpaired) electrons. The van der Waals surface area contributed by atoms with Crippen LogP contribution in [0.25, 0.3) is 0 Å². The van der Waals surface area contributed by atoms with Gasteiger partial charge in [0, 0.05) is 31.1 Å². The van der Waals surface area contributed by atoms with E-state index in [1.165, 1.54) is 0 Å². The Labute approximate surface area is 132 Å². The molecule has 0 aliphatic carbocycles. The van der Waals surface area contributed by atoms with Gasteiger partial charge in [-0.05, 0) is 56.2 Å². The van der Waals surface area contributed by atoms with E-state index >= 15 is 0 Å². The maximum absolute atomic E-state index is 12.9. The number of rotatable bonds is 5. The third kappa shape index (κ3) is 3.38. The standard InChI is InChI=1S/C15H24N2O2S2/c1-5-16-13-8-11(2)15(12(3)9-13)21(18,19)17(4)14-6-7-20-10-14/h8-9,14,16H,5-7,10H2,1-4H3. The van der Waals surface area contributed by atoms with Gasteiger partial charge in [0.15, 0.2) is 0 Å². The van der Waals surface area contributed by atoms with E-state index in [2.05, 4.69) is 5.32 Å². The molecule has 6 heteroatoms. The van der Waals surface area contributed by atoms with Gasteiger partial charge in [0.2, 0.25) is 10.0 Å². The Hall–Kier alpha value is -0.720. The SMILES string of the molecule is CCNc1cc(C)c(S(=O)(=O)N(C)C2CCSC2)c(C)c1. The zero-order valence-corrected chi connectivity index (χ0v) is 14.8. The number of hydrogen-bond donors (Lipinski definition) is 1. The molecule has 1 fully saturated rings. The number of hydrogen-bond acceptors (Lipinski definition) is 4. The lowest BCUT2D eigenvalue weighted by Crippen LogP contribution is -2.37. The number of aryl methyl sites for hydroxylation is 2. The molecule has 1 atom stereocenters. The molecule has 2 rings (SSSR count). The number of thioether (sulfide) groups is 1. The molecule has 118 valence electrons. The topological polar surface area (TPSA) is 49.4 Å². The molecule has 0 aromatic heterocycles. The second-order valence-electron chi connectivity index (χ2n) is 5.51. The van der Waals surface area contributed by atoms with Crippen LogP contribution >= 0.6 is 11.8 Å². The Morgan fingerprint density at radius 3 is 2.43 bits per heavy atom. The molecule has 1 N–H and O–H groups in total. The number of anilines is 1. The molecule has 0 bridgehead atoms. The van der Waals surface area contributed by atoms with E-state index in [1.54, 1.807) is 11.4 Å². The van der Waals surface area contributed by atoms with Crippen LogP contribution in [0.5, 0.6) is 0 Å². The molecule has 0 amide bonds. The lowest BCUT2D eigenvalue weighted by molar-refractivity contribution is 0.394. The Balaban J connectivity index is 2.39. The molecule has 0 spiro atoms. The van der Waals surface area contributed by atoms with Crippen LogP contribution in [-0.2, 0) is 10.0 Å². The summed E-state index contributed by atoms with van der Waals surface area (Å²) >= 11 is 1.82. The van der Waals surface area contributed by atoms with Crippen molar-refractivity contribution in [3.63, 3.8) is 0 Å². The number of benzene rings is 1. The van der Waals surface area contributed by atoms with Crippen LogP contribution in [0, 0.1) is 13.8 Å². The second-order valence-corrected chi connectivity index (χ2v) is 8.59. The quantitative estimate of drug-likeness (QED) is 0.903. The first-order valence-corrected chi connectivity index (χ1v) is 9.88. The van der Waals surface area contributed by atoms with Crippen LogP contribution in [0.3, 0.4) is 0 Å². The van der Waals surface area contributed by atoms with Crippen LogP contribution in [0.1, 0.15) is 24.5 Å². The Bertz CT molecular complexity index is 585. The zero-order valence-electron chi connectivity index (χ0n) is 13.1. The summed E-state index contributed by atoms with van der Waals surface area (Å²) in [5.74, 6) is 1.94. The van der Waals surface area contributed by atoms with Crippen molar-refractivity contribution in [1.29, 1.82) is 0 Å². The van der Waals surface area contributed by atoms with E-state index in [9.17, 15) is 8.42 Å². The highest BCUT2D eigenvalue weighted by molar-refractivity contribution is 7.99. The van der Waals surface area contributed by atoms with Crippen LogP contribution < -0.4 is 5.32 Å². The number of nitrogens with one attached hydrogen (secondary N) is 1. The predicted octanol–water partition coefficient (Wildman–Crippen LogP) is 2.86. The summed E-state index contributed by atoms with van der Waals surface area (Å²) in [5, 5.41) is 3.24. The molecular formula is C15H24N2O2S2. The monoisotopic (exact) mass is 328 g/mol. The summed E-state index contributed by atoms with van der Waals surface area (Å²) in [7, 11) is -1.71. The van der Waals surface area contributed by atoms with E-state index in [-0.39, 0.29) is 6.04 Å². The van der Waals surface area contributed by atoms with Gasteiger partial charge in [-0.15, -0.1) is 0 Å². The summed E-state index contributed by atoms with van der Waals surface area (Å²) in [6.07, 6.45) is 0.938. The number of nitrogens with zero attached hydrogens (tertiary/aromatic N) is 1. The molecule has 0 saturated carbocycles. The van der Waals surface area contributed by atoms with Gasteiger partial charge in [-0.3, -0.25) is 0 Å². The van der Waals surface area contributed by atoms with E-state index in [1.807, 2.05) is 44.7 Å². The fraction of sp³-hybridized carbons (Fsp3) is 0.600. The summed E-state index contributed by atoms with van der Waals surface area (Å²) in [4.78, 5) is 0.462. The van der Waals surface area contributed by atoms with Crippen molar-refractivity contribution in [3.8, 4) is 0 Å². The summed E-state index contributed by atoms with van der Waals surface area (Å²) < 4.78 is 27.4. The Morgan fingerprint density at radius 2 is 1.95 bits per heavy atom. The maximum Gasteiger partial charge on any atom is 0.243 e. The van der Waals surface area contributed by atoms with Crippen molar-refractivity contribution in [2.75, 3.05) is 30.4 Å². The Morgan fingerprint density at radius 1 is 1.33 bits per heavy atom. The average Bonchev–Trinajstić information content (AvgIpc) is 2.90. The molecule has 1 aliphatic heterocycles. The van der Waals surface area contributed by atoms with Crippen molar-refractivity contribution in [1.82, 2.24) is 4.31 Å². The van der Waals surface area contributed by atoms with Crippen molar-refractivity contribution in [2.45, 2.75) is 38.1 Å². The van der Waals surface area contributed by atoms with Crippen molar-refractivity contribution in [3.05, 3.63) is 23.3 Å². The molecule has 1 aromatic carbocycles. The number of sulfonamides is 1. The highest BCUT2D eigenvalue weighted by Gasteiger charge is 2.32. The zero-order chi connectivity index (χ0) is 15.6. The molecule has 1 heterocycles. The van der Waals surface area contributed by atoms with Gasteiger partial charge < -0.3 is 5.32 Å². The third-order valence-corrected chi connectivity index (χ3v) is 7.26. The highest BCUT2D eigenvalue weighted by atomic mass is 32.2. The predicted molar refractivity (Wildman–Crippen MR) is 90.8 cm³/mol. The van der Waals surface area contributed by atoms with Gasteiger partial charge in [0.05, 0.1) is 4.90 Å². The maximum atomic E-state index is 12.9. The third-order valence-electron chi connectivity index (χ3n) is 3.90. The van der Waals surface area contributed by atoms with Crippen LogP contribution in [0.2, 0.25) is 0 Å². The first-order chi connectivity index (χ1) is 9.87. The first kappa shape index (κ1) is 16.6. The summed E-state index contributed by atoms with van der Waals surface area (Å²) in [6.45, 7) is 6.60. The molecule has 1 aromatic rings. The molecule has 1 unspecified atom stereocenters. The fourth-order valence-corrected chi connectivity index (χ4v) is 5.97. The second kappa shape index (κ2) is 6.58. The van der Waals surface area contributed by atoms with Gasteiger partial charge in [-0.1, -0.05) is 0 Å². The lowest BCUT2D eigenvalue weighted by Gasteiger charge is -2.25. The van der Waals surface area contributed by atoms with Crippen LogP contribution in [-0.4, -0.2) is 43.9 Å². The minimum absolute atomic E-state index is 0.118. The summed E-state index contributed by atoms with van der Waals surface area (Å²) in [5.41, 5.74) is 2.59. The van der Waals surface area contributed by atoms with Gasteiger partial charge in [0.1, 0.15) is 0 Å². The van der Waals surface area contributed by atoms with Crippen molar-refractivity contribution >= 4 is 27.5 Å². The molecule has 4 nitrogen and oxygen atoms in total. The highest BCUT2D eigenvalue weighted by Crippen LogP contribution is 2.30. The molecule has 1 saturated heterocycles. The van der Waals surface area contributed by atoms with E-state index in [0.29, 0.717) is 4.90 Å². The van der Waals surface area contributed by atoms with Gasteiger partial charge in [-0.25, -0.2) is 8.42 Å². The normalized spacial score (nSPS) is 19.2. The molecular weight excluding hydrogens is 304 g/mol. The fourth-order valence-electron chi connectivity index (χ4n) is 2.81. The smallest absolute Gasteiger partial charge is 0.243 e. The largest absolute Gasteiger partial charge is 0.385 e. The van der Waals surface area contributed by atoms with Crippen LogP contribution in [0.4, 0.5) is 5.69 Å². The van der Waals surface area contributed by atoms with Crippen LogP contribution in [0.15, 0.2) is 17.0 Å². The van der Waals surface area contributed by atoms with Gasteiger partial charge in [-0.2, -0.15) is 16.1 Å². The molecule has 21 heavy (non-hydrogen) atoms. The van der Waals surface area contributed by atoms with E-state index in [4.69, 9.17) is 0 Å². The van der Waals surface area contributed by atoms with E-state index < -0.39 is 10.0 Å². The van der Waals surface area contributed by atoms with Crippen molar-refractivity contribution < 1.29 is 8.42 Å². The Kier molecular flexibility index (Phi) is 5.22. The minimum Gasteiger partial charge on any atom is -0.385 e. The summed E-state index contributed by atoms with van der Waals surface area (Å²) in [6, 6.07) is 3.95. The molecule has 1 aliphatic rings. The van der Waals surface area contributed by atoms with Gasteiger partial charge in [0.25, 0.3) is 0 Å². The average molecular weight is 329 g/mol. The van der Waals surface area contributed by atoms with E-state index in [0.717, 1.165) is 41.3 Å². The lowest BCUT2D eigenvalue weighted by atomic mass is 10.1. The van der Waals surface area contributed by atoms with Gasteiger partial charge >= 0.3 is 0 Å².